The minimum Gasteiger partial charge on any atom is -0.398 e. The van der Waals surface area contributed by atoms with Crippen LogP contribution in [0.5, 0.6) is 0 Å². The third-order valence-corrected chi connectivity index (χ3v) is 4.96. The SMILES string of the molecule is CC(C)N(Cc1ccccc1)Cc1c(-c2ccccn2)nc2ccc(N)cn12. The van der Waals surface area contributed by atoms with Crippen molar-refractivity contribution in [2.75, 3.05) is 5.73 Å². The van der Waals surface area contributed by atoms with E-state index in [0.29, 0.717) is 6.04 Å². The lowest BCUT2D eigenvalue weighted by Crippen LogP contribution is -2.30. The zero-order valence-electron chi connectivity index (χ0n) is 16.3. The second-order valence-electron chi connectivity index (χ2n) is 7.30. The molecule has 3 heterocycles. The maximum absolute atomic E-state index is 6.08. The lowest BCUT2D eigenvalue weighted by Gasteiger charge is -2.27. The Morgan fingerprint density at radius 1 is 0.964 bits per heavy atom. The van der Waals surface area contributed by atoms with Gasteiger partial charge < -0.3 is 5.73 Å². The molecule has 0 aliphatic rings. The molecule has 2 N–H and O–H groups in total. The van der Waals surface area contributed by atoms with Gasteiger partial charge in [0.25, 0.3) is 0 Å². The van der Waals surface area contributed by atoms with Gasteiger partial charge in [-0.1, -0.05) is 36.4 Å². The highest BCUT2D eigenvalue weighted by Gasteiger charge is 2.20. The first kappa shape index (κ1) is 18.2. The number of benzene rings is 1. The first-order valence-electron chi connectivity index (χ1n) is 9.57. The molecule has 0 spiro atoms. The van der Waals surface area contributed by atoms with Gasteiger partial charge in [0, 0.05) is 37.2 Å². The Morgan fingerprint density at radius 2 is 1.75 bits per heavy atom. The molecule has 1 aromatic carbocycles. The normalized spacial score (nSPS) is 11.6. The van der Waals surface area contributed by atoms with Gasteiger partial charge in [0.15, 0.2) is 0 Å². The summed E-state index contributed by atoms with van der Waals surface area (Å²) in [5.41, 5.74) is 11.9. The van der Waals surface area contributed by atoms with Crippen LogP contribution in [0.1, 0.15) is 25.1 Å². The summed E-state index contributed by atoms with van der Waals surface area (Å²) < 4.78 is 2.10. The molecule has 0 saturated carbocycles. The van der Waals surface area contributed by atoms with Crippen LogP contribution in [0.4, 0.5) is 5.69 Å². The Kier molecular flexibility index (Phi) is 5.08. The van der Waals surface area contributed by atoms with E-state index in [1.54, 1.807) is 0 Å². The van der Waals surface area contributed by atoms with Crippen LogP contribution in [0.25, 0.3) is 17.0 Å². The maximum Gasteiger partial charge on any atom is 0.137 e. The van der Waals surface area contributed by atoms with Crippen molar-refractivity contribution in [1.82, 2.24) is 19.3 Å². The molecule has 142 valence electrons. The number of rotatable bonds is 6. The number of anilines is 1. The van der Waals surface area contributed by atoms with Gasteiger partial charge >= 0.3 is 0 Å². The molecule has 28 heavy (non-hydrogen) atoms. The summed E-state index contributed by atoms with van der Waals surface area (Å²) in [6, 6.07) is 20.7. The van der Waals surface area contributed by atoms with E-state index < -0.39 is 0 Å². The Balaban J connectivity index is 1.78. The van der Waals surface area contributed by atoms with Gasteiger partial charge in [-0.2, -0.15) is 0 Å². The molecule has 4 rings (SSSR count). The summed E-state index contributed by atoms with van der Waals surface area (Å²) in [4.78, 5) is 11.8. The lowest BCUT2D eigenvalue weighted by atomic mass is 10.1. The molecule has 0 unspecified atom stereocenters. The van der Waals surface area contributed by atoms with Crippen LogP contribution < -0.4 is 5.73 Å². The molecule has 0 fully saturated rings. The molecule has 0 radical (unpaired) electrons. The summed E-state index contributed by atoms with van der Waals surface area (Å²) in [7, 11) is 0. The van der Waals surface area contributed by atoms with Gasteiger partial charge in [-0.15, -0.1) is 0 Å². The Labute approximate surface area is 165 Å². The van der Waals surface area contributed by atoms with Crippen molar-refractivity contribution in [3.8, 4) is 11.4 Å². The molecule has 0 aliphatic carbocycles. The number of nitrogen functional groups attached to an aromatic ring is 1. The van der Waals surface area contributed by atoms with E-state index in [4.69, 9.17) is 10.7 Å². The average Bonchev–Trinajstić information content (AvgIpc) is 3.06. The fraction of sp³-hybridized carbons (Fsp3) is 0.217. The van der Waals surface area contributed by atoms with Crippen molar-refractivity contribution >= 4 is 11.3 Å². The zero-order valence-corrected chi connectivity index (χ0v) is 16.3. The monoisotopic (exact) mass is 371 g/mol. The van der Waals surface area contributed by atoms with E-state index in [1.807, 2.05) is 42.7 Å². The minimum atomic E-state index is 0.378. The van der Waals surface area contributed by atoms with Crippen LogP contribution in [-0.4, -0.2) is 25.3 Å². The largest absolute Gasteiger partial charge is 0.398 e. The third-order valence-electron chi connectivity index (χ3n) is 4.96. The Bertz CT molecular complexity index is 1050. The standard InChI is InChI=1S/C23H25N5/c1-17(2)27(14-18-8-4-3-5-9-18)16-21-23(20-10-6-7-13-25-20)26-22-12-11-19(24)15-28(21)22/h3-13,15,17H,14,16,24H2,1-2H3. The van der Waals surface area contributed by atoms with E-state index in [2.05, 4.69) is 58.5 Å². The first-order chi connectivity index (χ1) is 13.6. The number of nitrogens with two attached hydrogens (primary N) is 1. The molecule has 0 saturated heterocycles. The number of pyridine rings is 2. The predicted molar refractivity (Wildman–Crippen MR) is 114 cm³/mol. The molecular weight excluding hydrogens is 346 g/mol. The number of nitrogens with zero attached hydrogens (tertiary/aromatic N) is 4. The molecule has 0 bridgehead atoms. The van der Waals surface area contributed by atoms with E-state index >= 15 is 0 Å². The minimum absolute atomic E-state index is 0.378. The second-order valence-corrected chi connectivity index (χ2v) is 7.30. The van der Waals surface area contributed by atoms with Gasteiger partial charge in [0.05, 0.1) is 11.4 Å². The van der Waals surface area contributed by atoms with Crippen LogP contribution in [0.15, 0.2) is 73.1 Å². The predicted octanol–water partition coefficient (Wildman–Crippen LogP) is 4.39. The fourth-order valence-electron chi connectivity index (χ4n) is 3.40. The van der Waals surface area contributed by atoms with Gasteiger partial charge in [-0.25, -0.2) is 4.98 Å². The van der Waals surface area contributed by atoms with Crippen molar-refractivity contribution in [2.24, 2.45) is 0 Å². The smallest absolute Gasteiger partial charge is 0.137 e. The van der Waals surface area contributed by atoms with Crippen LogP contribution >= 0.6 is 0 Å². The molecule has 3 aromatic heterocycles. The molecule has 5 nitrogen and oxygen atoms in total. The first-order valence-corrected chi connectivity index (χ1v) is 9.57. The molecule has 4 aromatic rings. The highest BCUT2D eigenvalue weighted by molar-refractivity contribution is 5.64. The quantitative estimate of drug-likeness (QED) is 0.546. The highest BCUT2D eigenvalue weighted by Crippen LogP contribution is 2.26. The van der Waals surface area contributed by atoms with Crippen molar-refractivity contribution in [3.63, 3.8) is 0 Å². The summed E-state index contributed by atoms with van der Waals surface area (Å²) in [5, 5.41) is 0. The van der Waals surface area contributed by atoms with Crippen molar-refractivity contribution in [1.29, 1.82) is 0 Å². The number of hydrogen-bond donors (Lipinski definition) is 1. The van der Waals surface area contributed by atoms with Gasteiger partial charge in [-0.3, -0.25) is 14.3 Å². The van der Waals surface area contributed by atoms with E-state index in [9.17, 15) is 0 Å². The number of aromatic nitrogens is 3. The average molecular weight is 371 g/mol. The van der Waals surface area contributed by atoms with Crippen molar-refractivity contribution < 1.29 is 0 Å². The maximum atomic E-state index is 6.08. The van der Waals surface area contributed by atoms with Crippen molar-refractivity contribution in [3.05, 3.63) is 84.3 Å². The summed E-state index contributed by atoms with van der Waals surface area (Å²) in [6.45, 7) is 6.07. The lowest BCUT2D eigenvalue weighted by molar-refractivity contribution is 0.201. The van der Waals surface area contributed by atoms with Crippen LogP contribution in [-0.2, 0) is 13.1 Å². The zero-order chi connectivity index (χ0) is 19.5. The van der Waals surface area contributed by atoms with Gasteiger partial charge in [-0.05, 0) is 43.7 Å². The molecule has 5 heteroatoms. The molecule has 0 aliphatic heterocycles. The van der Waals surface area contributed by atoms with E-state index in [1.165, 1.54) is 5.56 Å². The van der Waals surface area contributed by atoms with Gasteiger partial charge in [0.1, 0.15) is 11.3 Å². The number of fused-ring (bicyclic) bond motifs is 1. The fourth-order valence-corrected chi connectivity index (χ4v) is 3.40. The summed E-state index contributed by atoms with van der Waals surface area (Å²) >= 11 is 0. The Morgan fingerprint density at radius 3 is 2.46 bits per heavy atom. The van der Waals surface area contributed by atoms with Crippen LogP contribution in [0.3, 0.4) is 0 Å². The number of imidazole rings is 1. The highest BCUT2D eigenvalue weighted by atomic mass is 15.2. The molecule has 0 amide bonds. The molecule has 0 atom stereocenters. The third kappa shape index (κ3) is 3.75. The second kappa shape index (κ2) is 7.82. The van der Waals surface area contributed by atoms with E-state index in [0.717, 1.165) is 41.5 Å². The topological polar surface area (TPSA) is 59.5 Å². The summed E-state index contributed by atoms with van der Waals surface area (Å²) in [5.74, 6) is 0. The summed E-state index contributed by atoms with van der Waals surface area (Å²) in [6.07, 6.45) is 3.76. The van der Waals surface area contributed by atoms with E-state index in [-0.39, 0.29) is 0 Å². The van der Waals surface area contributed by atoms with Crippen LogP contribution in [0, 0.1) is 0 Å². The van der Waals surface area contributed by atoms with Crippen molar-refractivity contribution in [2.45, 2.75) is 33.0 Å². The van der Waals surface area contributed by atoms with Gasteiger partial charge in [0.2, 0.25) is 0 Å². The Hall–Kier alpha value is -3.18. The molecular formula is C23H25N5. The number of hydrogen-bond acceptors (Lipinski definition) is 4. The van der Waals surface area contributed by atoms with Crippen LogP contribution in [0.2, 0.25) is 0 Å².